The van der Waals surface area contributed by atoms with E-state index in [1.165, 1.54) is 4.31 Å². The van der Waals surface area contributed by atoms with E-state index >= 15 is 0 Å². The molecule has 1 N–H and O–H groups in total. The quantitative estimate of drug-likeness (QED) is 0.514. The smallest absolute Gasteiger partial charge is 0.264 e. The number of anilines is 2. The third-order valence-corrected chi connectivity index (χ3v) is 7.29. The zero-order valence-corrected chi connectivity index (χ0v) is 18.8. The second-order valence-corrected chi connectivity index (χ2v) is 9.46. The van der Waals surface area contributed by atoms with Crippen LogP contribution in [0.1, 0.15) is 22.8 Å². The predicted octanol–water partition coefficient (Wildman–Crippen LogP) is 5.18. The van der Waals surface area contributed by atoms with E-state index in [4.69, 9.17) is 0 Å². The first-order valence-electron chi connectivity index (χ1n) is 9.50. The standard InChI is InChI=1S/C23H24N2O3S2/c1-4-25(30(27,28)22-14-12-21(29-3)13-15-22)20-10-8-18(9-11-20)23(26)24-19-7-5-6-17(2)16-19/h5-16H,4H2,1-3H3,(H,24,26). The first kappa shape index (κ1) is 21.9. The van der Waals surface area contributed by atoms with E-state index in [0.29, 0.717) is 11.3 Å². The predicted molar refractivity (Wildman–Crippen MR) is 124 cm³/mol. The minimum absolute atomic E-state index is 0.239. The van der Waals surface area contributed by atoms with Crippen LogP contribution in [0.25, 0.3) is 0 Å². The van der Waals surface area contributed by atoms with Crippen LogP contribution < -0.4 is 9.62 Å². The fourth-order valence-corrected chi connectivity index (χ4v) is 4.95. The fourth-order valence-electron chi connectivity index (χ4n) is 3.07. The number of hydrogen-bond donors (Lipinski definition) is 1. The van der Waals surface area contributed by atoms with Gasteiger partial charge in [0.25, 0.3) is 15.9 Å². The van der Waals surface area contributed by atoms with Crippen molar-refractivity contribution in [2.24, 2.45) is 0 Å². The van der Waals surface area contributed by atoms with E-state index in [9.17, 15) is 13.2 Å². The van der Waals surface area contributed by atoms with Crippen molar-refractivity contribution in [2.45, 2.75) is 23.6 Å². The van der Waals surface area contributed by atoms with Crippen LogP contribution in [0.15, 0.2) is 82.6 Å². The summed E-state index contributed by atoms with van der Waals surface area (Å²) in [6.07, 6.45) is 1.94. The molecule has 5 nitrogen and oxygen atoms in total. The van der Waals surface area contributed by atoms with E-state index in [-0.39, 0.29) is 17.3 Å². The molecule has 1 amide bonds. The summed E-state index contributed by atoms with van der Waals surface area (Å²) in [7, 11) is -3.69. The topological polar surface area (TPSA) is 66.5 Å². The second kappa shape index (κ2) is 9.36. The Morgan fingerprint density at radius 1 is 1.00 bits per heavy atom. The Morgan fingerprint density at radius 2 is 1.67 bits per heavy atom. The van der Waals surface area contributed by atoms with E-state index in [1.54, 1.807) is 67.2 Å². The Balaban J connectivity index is 1.81. The van der Waals surface area contributed by atoms with Crippen LogP contribution in [0.4, 0.5) is 11.4 Å². The van der Waals surface area contributed by atoms with E-state index < -0.39 is 10.0 Å². The molecule has 0 atom stereocenters. The zero-order chi connectivity index (χ0) is 21.7. The van der Waals surface area contributed by atoms with Crippen LogP contribution in [0.5, 0.6) is 0 Å². The van der Waals surface area contributed by atoms with Crippen molar-refractivity contribution in [3.05, 3.63) is 83.9 Å². The van der Waals surface area contributed by atoms with Crippen LogP contribution in [-0.4, -0.2) is 27.1 Å². The number of nitrogens with zero attached hydrogens (tertiary/aromatic N) is 1. The summed E-state index contributed by atoms with van der Waals surface area (Å²) in [4.78, 5) is 13.8. The maximum absolute atomic E-state index is 13.1. The summed E-state index contributed by atoms with van der Waals surface area (Å²) in [5.74, 6) is -0.245. The number of rotatable bonds is 7. The third kappa shape index (κ3) is 4.86. The first-order valence-corrected chi connectivity index (χ1v) is 12.2. The molecular weight excluding hydrogens is 416 g/mol. The van der Waals surface area contributed by atoms with Gasteiger partial charge in [-0.2, -0.15) is 0 Å². The van der Waals surface area contributed by atoms with Crippen molar-refractivity contribution < 1.29 is 13.2 Å². The largest absolute Gasteiger partial charge is 0.322 e. The van der Waals surface area contributed by atoms with Gasteiger partial charge in [0.1, 0.15) is 0 Å². The minimum atomic E-state index is -3.69. The number of aryl methyl sites for hydroxylation is 1. The Morgan fingerprint density at radius 3 is 2.23 bits per heavy atom. The molecule has 0 saturated heterocycles. The lowest BCUT2D eigenvalue weighted by Gasteiger charge is -2.23. The highest BCUT2D eigenvalue weighted by Crippen LogP contribution is 2.26. The molecule has 0 saturated carbocycles. The molecular formula is C23H24N2O3S2. The lowest BCUT2D eigenvalue weighted by molar-refractivity contribution is 0.102. The molecule has 0 heterocycles. The molecule has 0 bridgehead atoms. The van der Waals surface area contributed by atoms with E-state index in [0.717, 1.165) is 16.1 Å². The average Bonchev–Trinajstić information content (AvgIpc) is 2.74. The van der Waals surface area contributed by atoms with Crippen LogP contribution >= 0.6 is 11.8 Å². The molecule has 0 aliphatic heterocycles. The van der Waals surface area contributed by atoms with Crippen LogP contribution in [0.3, 0.4) is 0 Å². The van der Waals surface area contributed by atoms with Crippen LogP contribution in [0.2, 0.25) is 0 Å². The molecule has 7 heteroatoms. The monoisotopic (exact) mass is 440 g/mol. The van der Waals surface area contributed by atoms with Crippen LogP contribution in [-0.2, 0) is 10.0 Å². The Bertz CT molecular complexity index is 1130. The van der Waals surface area contributed by atoms with Crippen LogP contribution in [0, 0.1) is 6.92 Å². The second-order valence-electron chi connectivity index (χ2n) is 6.72. The molecule has 156 valence electrons. The average molecular weight is 441 g/mol. The van der Waals surface area contributed by atoms with Crippen molar-refractivity contribution in [2.75, 3.05) is 22.4 Å². The number of carbonyl (C=O) groups excluding carboxylic acids is 1. The van der Waals surface area contributed by atoms with Gasteiger partial charge in [0, 0.05) is 22.7 Å². The normalized spacial score (nSPS) is 11.2. The van der Waals surface area contributed by atoms with E-state index in [2.05, 4.69) is 5.32 Å². The zero-order valence-electron chi connectivity index (χ0n) is 17.1. The summed E-state index contributed by atoms with van der Waals surface area (Å²) >= 11 is 1.56. The van der Waals surface area contributed by atoms with Crippen molar-refractivity contribution in [3.63, 3.8) is 0 Å². The van der Waals surface area contributed by atoms with Crippen molar-refractivity contribution in [1.82, 2.24) is 0 Å². The molecule has 0 unspecified atom stereocenters. The van der Waals surface area contributed by atoms with Gasteiger partial charge in [0.05, 0.1) is 10.6 Å². The molecule has 0 aliphatic carbocycles. The van der Waals surface area contributed by atoms with Gasteiger partial charge >= 0.3 is 0 Å². The summed E-state index contributed by atoms with van der Waals surface area (Å²) < 4.78 is 27.5. The number of amides is 1. The summed E-state index contributed by atoms with van der Waals surface area (Å²) in [5, 5.41) is 2.86. The van der Waals surface area contributed by atoms with Gasteiger partial charge < -0.3 is 5.32 Å². The van der Waals surface area contributed by atoms with Gasteiger partial charge in [-0.3, -0.25) is 9.10 Å². The Kier molecular flexibility index (Phi) is 6.84. The molecule has 0 aliphatic rings. The number of nitrogens with one attached hydrogen (secondary N) is 1. The maximum atomic E-state index is 13.1. The van der Waals surface area contributed by atoms with Crippen molar-refractivity contribution >= 4 is 39.1 Å². The van der Waals surface area contributed by atoms with Crippen molar-refractivity contribution in [3.8, 4) is 0 Å². The highest BCUT2D eigenvalue weighted by molar-refractivity contribution is 7.98. The molecule has 3 aromatic rings. The summed E-state index contributed by atoms with van der Waals surface area (Å²) in [6.45, 7) is 4.02. The fraction of sp³-hybridized carbons (Fsp3) is 0.174. The Labute approximate surface area is 182 Å². The number of benzene rings is 3. The number of carbonyl (C=O) groups is 1. The highest BCUT2D eigenvalue weighted by Gasteiger charge is 2.23. The van der Waals surface area contributed by atoms with Gasteiger partial charge in [-0.05, 0) is 86.3 Å². The molecule has 0 fully saturated rings. The van der Waals surface area contributed by atoms with Gasteiger partial charge in [-0.1, -0.05) is 12.1 Å². The van der Waals surface area contributed by atoms with E-state index in [1.807, 2.05) is 37.4 Å². The minimum Gasteiger partial charge on any atom is -0.322 e. The van der Waals surface area contributed by atoms with Gasteiger partial charge in [0.2, 0.25) is 0 Å². The van der Waals surface area contributed by atoms with Gasteiger partial charge in [-0.15, -0.1) is 11.8 Å². The summed E-state index contributed by atoms with van der Waals surface area (Å²) in [5.41, 5.74) is 2.74. The third-order valence-electron chi connectivity index (χ3n) is 4.63. The number of hydrogen-bond acceptors (Lipinski definition) is 4. The number of sulfonamides is 1. The Hall–Kier alpha value is -2.77. The molecule has 3 rings (SSSR count). The lowest BCUT2D eigenvalue weighted by Crippen LogP contribution is -2.30. The highest BCUT2D eigenvalue weighted by atomic mass is 32.2. The molecule has 0 aromatic heterocycles. The lowest BCUT2D eigenvalue weighted by atomic mass is 10.1. The van der Waals surface area contributed by atoms with Gasteiger partial charge in [0.15, 0.2) is 0 Å². The molecule has 3 aromatic carbocycles. The number of thioether (sulfide) groups is 1. The van der Waals surface area contributed by atoms with Crippen molar-refractivity contribution in [1.29, 1.82) is 0 Å². The SMILES string of the molecule is CCN(c1ccc(C(=O)Nc2cccc(C)c2)cc1)S(=O)(=O)c1ccc(SC)cc1. The summed E-state index contributed by atoms with van der Waals surface area (Å²) in [6, 6.07) is 21.0. The van der Waals surface area contributed by atoms with Gasteiger partial charge in [-0.25, -0.2) is 8.42 Å². The molecule has 0 spiro atoms. The molecule has 0 radical (unpaired) electrons. The molecule has 30 heavy (non-hydrogen) atoms. The first-order chi connectivity index (χ1) is 14.3. The maximum Gasteiger partial charge on any atom is 0.264 e.